The zero-order chi connectivity index (χ0) is 45.8. The van der Waals surface area contributed by atoms with Gasteiger partial charge in [-0.05, 0) is 92.8 Å². The average molecular weight is 915 g/mol. The van der Waals surface area contributed by atoms with Gasteiger partial charge >= 0.3 is 0 Å². The van der Waals surface area contributed by atoms with Gasteiger partial charge in [0.25, 0.3) is 0 Å². The highest BCUT2D eigenvalue weighted by Gasteiger charge is 2.69. The molecule has 8 fully saturated rings. The van der Waals surface area contributed by atoms with Crippen molar-refractivity contribution >= 4 is 0 Å². The number of rotatable bonds is 9. The van der Waals surface area contributed by atoms with Crippen molar-refractivity contribution in [3.05, 3.63) is 11.6 Å². The van der Waals surface area contributed by atoms with E-state index in [2.05, 4.69) is 33.8 Å². The molecule has 9 N–H and O–H groups in total. The van der Waals surface area contributed by atoms with Crippen LogP contribution in [0, 0.1) is 46.3 Å². The van der Waals surface area contributed by atoms with Crippen LogP contribution in [0.15, 0.2) is 11.6 Å². The maximum absolute atomic E-state index is 12.0. The molecule has 9 rings (SSSR count). The van der Waals surface area contributed by atoms with Crippen molar-refractivity contribution in [1.29, 1.82) is 0 Å². The van der Waals surface area contributed by atoms with Gasteiger partial charge in [-0.2, -0.15) is 0 Å². The van der Waals surface area contributed by atoms with Crippen LogP contribution in [-0.4, -0.2) is 183 Å². The summed E-state index contributed by atoms with van der Waals surface area (Å²) in [6.45, 7) is 9.51. The van der Waals surface area contributed by atoms with Crippen LogP contribution in [0.1, 0.15) is 92.4 Å². The van der Waals surface area contributed by atoms with Crippen LogP contribution in [-0.2, 0) is 42.6 Å². The number of aliphatic hydroxyl groups excluding tert-OH is 9. The van der Waals surface area contributed by atoms with Crippen molar-refractivity contribution in [2.24, 2.45) is 46.3 Å². The van der Waals surface area contributed by atoms with Gasteiger partial charge in [0.2, 0.25) is 0 Å². The van der Waals surface area contributed by atoms with E-state index in [1.807, 2.05) is 0 Å². The van der Waals surface area contributed by atoms with Crippen molar-refractivity contribution in [1.82, 2.24) is 0 Å². The fourth-order valence-corrected chi connectivity index (χ4v) is 14.3. The van der Waals surface area contributed by atoms with Gasteiger partial charge in [0.05, 0.1) is 31.5 Å². The first kappa shape index (κ1) is 48.1. The van der Waals surface area contributed by atoms with Gasteiger partial charge in [-0.1, -0.05) is 39.3 Å². The van der Waals surface area contributed by atoms with E-state index < -0.39 is 117 Å². The summed E-state index contributed by atoms with van der Waals surface area (Å²) in [5.41, 5.74) is 1.39. The van der Waals surface area contributed by atoms with Gasteiger partial charge in [-0.25, -0.2) is 0 Å². The Balaban J connectivity index is 0.914. The minimum Gasteiger partial charge on any atom is -0.394 e. The molecule has 18 heteroatoms. The van der Waals surface area contributed by atoms with E-state index in [1.54, 1.807) is 7.11 Å². The number of allylic oxidation sites excluding steroid dienone is 1. The van der Waals surface area contributed by atoms with Crippen LogP contribution in [0.2, 0.25) is 0 Å². The third kappa shape index (κ3) is 7.79. The van der Waals surface area contributed by atoms with Gasteiger partial charge in [-0.3, -0.25) is 0 Å². The van der Waals surface area contributed by atoms with E-state index in [-0.39, 0.29) is 29.1 Å². The molecule has 1 spiro atoms. The van der Waals surface area contributed by atoms with Crippen LogP contribution in [0.4, 0.5) is 0 Å². The Morgan fingerprint density at radius 2 is 1.33 bits per heavy atom. The second-order valence-corrected chi connectivity index (χ2v) is 21.4. The van der Waals surface area contributed by atoms with Gasteiger partial charge in [0, 0.05) is 25.4 Å². The Morgan fingerprint density at radius 3 is 2.03 bits per heavy atom. The minimum absolute atomic E-state index is 0.0578. The van der Waals surface area contributed by atoms with Crippen LogP contribution >= 0.6 is 0 Å². The van der Waals surface area contributed by atoms with E-state index in [4.69, 9.17) is 42.6 Å². The number of hydrogen-bond donors (Lipinski definition) is 9. The summed E-state index contributed by atoms with van der Waals surface area (Å²) in [5, 5.41) is 95.8. The molecule has 0 radical (unpaired) electrons. The Morgan fingerprint density at radius 1 is 0.656 bits per heavy atom. The first-order valence-electron chi connectivity index (χ1n) is 23.9. The lowest BCUT2D eigenvalue weighted by Crippen LogP contribution is -2.67. The van der Waals surface area contributed by atoms with Crippen LogP contribution < -0.4 is 0 Å². The molecule has 366 valence electrons. The highest BCUT2D eigenvalue weighted by Crippen LogP contribution is 2.71. The Labute approximate surface area is 375 Å². The first-order valence-corrected chi connectivity index (χ1v) is 23.9. The zero-order valence-electron chi connectivity index (χ0n) is 37.9. The van der Waals surface area contributed by atoms with Gasteiger partial charge in [0.15, 0.2) is 30.9 Å². The molecule has 4 aliphatic carbocycles. The Hall–Kier alpha value is -0.980. The number of aliphatic hydroxyl groups is 9. The summed E-state index contributed by atoms with van der Waals surface area (Å²) >= 11 is 0. The number of methoxy groups -OCH3 is 1. The molecular formula is C46H74O18. The van der Waals surface area contributed by atoms with Crippen molar-refractivity contribution in [2.45, 2.75) is 209 Å². The molecular weight excluding hydrogens is 840 g/mol. The zero-order valence-corrected chi connectivity index (χ0v) is 37.9. The highest BCUT2D eigenvalue weighted by molar-refractivity contribution is 5.26. The molecule has 0 aromatic rings. The van der Waals surface area contributed by atoms with E-state index in [0.29, 0.717) is 42.4 Å². The van der Waals surface area contributed by atoms with E-state index in [0.717, 1.165) is 44.9 Å². The van der Waals surface area contributed by atoms with Gasteiger partial charge in [-0.15, -0.1) is 0 Å². The molecule has 18 nitrogen and oxygen atoms in total. The second-order valence-electron chi connectivity index (χ2n) is 21.4. The van der Waals surface area contributed by atoms with E-state index in [1.165, 1.54) is 12.5 Å². The van der Waals surface area contributed by atoms with Crippen molar-refractivity contribution in [3.63, 3.8) is 0 Å². The van der Waals surface area contributed by atoms with Crippen molar-refractivity contribution in [2.75, 3.05) is 20.3 Å². The number of ether oxygens (including phenoxy) is 9. The Kier molecular flexibility index (Phi) is 13.6. The molecule has 5 saturated heterocycles. The molecule has 64 heavy (non-hydrogen) atoms. The number of fused-ring (bicyclic) bond motifs is 7. The maximum atomic E-state index is 12.0. The van der Waals surface area contributed by atoms with E-state index >= 15 is 0 Å². The summed E-state index contributed by atoms with van der Waals surface area (Å²) in [5.74, 6) is 1.91. The first-order chi connectivity index (χ1) is 30.4. The summed E-state index contributed by atoms with van der Waals surface area (Å²) in [7, 11) is 1.72. The lowest BCUT2D eigenvalue weighted by atomic mass is 9.47. The molecule has 0 aromatic carbocycles. The van der Waals surface area contributed by atoms with Crippen molar-refractivity contribution < 1.29 is 88.6 Å². The maximum Gasteiger partial charge on any atom is 0.187 e. The van der Waals surface area contributed by atoms with Gasteiger partial charge < -0.3 is 88.6 Å². The molecule has 0 amide bonds. The molecule has 27 atom stereocenters. The molecule has 0 unspecified atom stereocenters. The van der Waals surface area contributed by atoms with Crippen molar-refractivity contribution in [3.8, 4) is 0 Å². The molecule has 5 aliphatic heterocycles. The quantitative estimate of drug-likeness (QED) is 0.140. The predicted molar refractivity (Wildman–Crippen MR) is 220 cm³/mol. The summed E-state index contributed by atoms with van der Waals surface area (Å²) in [6.07, 6.45) is -12.9. The molecule has 5 heterocycles. The summed E-state index contributed by atoms with van der Waals surface area (Å²) in [6, 6.07) is 0. The topological polar surface area (TPSA) is 265 Å². The minimum atomic E-state index is -1.82. The average Bonchev–Trinajstić information content (AvgIpc) is 3.73. The normalized spacial score (nSPS) is 57.4. The van der Waals surface area contributed by atoms with Gasteiger partial charge in [0.1, 0.15) is 67.1 Å². The second kappa shape index (κ2) is 18.1. The SMILES string of the molecule is CO[C@@H]1O[C@]2(CC[C@H]1C)O[C@H]1C[C@H]3[C@@H]4CC=C5C[C@@H](O[C@@H]6O[C@H](CO)[C@@H](O[C@@H]7O[C@H](CO)[C@@H](O)[C@H](O)[C@H]7O)[C@H](O)[C@H]6O[C@H]6O[C@@H](C)[C@H](O)[C@@H](O)[C@H]6O)CC[C@]5(C)[C@H]4CC[C@]3(C)[C@H]1[C@@H]2C. The van der Waals surface area contributed by atoms with Crippen LogP contribution in [0.25, 0.3) is 0 Å². The van der Waals surface area contributed by atoms with Crippen LogP contribution in [0.5, 0.6) is 0 Å². The molecule has 9 aliphatic rings. The monoisotopic (exact) mass is 914 g/mol. The Bertz CT molecular complexity index is 1670. The van der Waals surface area contributed by atoms with E-state index in [9.17, 15) is 46.0 Å². The molecule has 3 saturated carbocycles. The smallest absolute Gasteiger partial charge is 0.187 e. The molecule has 0 aromatic heterocycles. The lowest BCUT2D eigenvalue weighted by Gasteiger charge is -2.59. The lowest BCUT2D eigenvalue weighted by molar-refractivity contribution is -0.389. The largest absolute Gasteiger partial charge is 0.394 e. The third-order valence-corrected chi connectivity index (χ3v) is 18.1. The standard InChI is InChI=1S/C46H74O18/c1-19-9-14-46(64-40(19)56-6)20(2)30-27(63-46)16-26-24-8-7-22-15-23(10-12-44(22,4)25(24)11-13-45(26,30)5)58-43-39(62-41-35(53)33(51)31(49)21(3)57-41)37(55)38(29(18-48)60-43)61-42-36(54)34(52)32(50)28(17-47)59-42/h7,19-21,23-43,47-55H,8-18H2,1-6H3/t19-,20+,21+,23+,24-,25+,26+,27+,28-,29-,30+,31+,32-,33-,34+,35-,36-,37+,38-,39-,40-,41-,42+,43-,44+,45+,46+/m1/s1. The predicted octanol–water partition coefficient (Wildman–Crippen LogP) is 0.187. The summed E-state index contributed by atoms with van der Waals surface area (Å²) < 4.78 is 55.9. The number of hydrogen-bond acceptors (Lipinski definition) is 18. The fraction of sp³-hybridized carbons (Fsp3) is 0.957. The fourth-order valence-electron chi connectivity index (χ4n) is 14.3. The molecule has 0 bridgehead atoms. The highest BCUT2D eigenvalue weighted by atomic mass is 16.8. The third-order valence-electron chi connectivity index (χ3n) is 18.1. The van der Waals surface area contributed by atoms with Crippen LogP contribution in [0.3, 0.4) is 0 Å². The summed E-state index contributed by atoms with van der Waals surface area (Å²) in [4.78, 5) is 0.